The van der Waals surface area contributed by atoms with Gasteiger partial charge < -0.3 is 4.90 Å². The van der Waals surface area contributed by atoms with Crippen LogP contribution in [0.1, 0.15) is 44.5 Å². The molecule has 2 heteroatoms. The van der Waals surface area contributed by atoms with Crippen LogP contribution < -0.4 is 4.90 Å². The Labute approximate surface area is 337 Å². The minimum atomic E-state index is -0.420. The van der Waals surface area contributed by atoms with Crippen molar-refractivity contribution in [1.82, 2.24) is 0 Å². The van der Waals surface area contributed by atoms with Gasteiger partial charge in [0.15, 0.2) is 0 Å². The molecule has 0 unspecified atom stereocenters. The van der Waals surface area contributed by atoms with E-state index in [0.29, 0.717) is 0 Å². The predicted octanol–water partition coefficient (Wildman–Crippen LogP) is 15.3. The highest BCUT2D eigenvalue weighted by Gasteiger charge is 2.45. The minimum Gasteiger partial charge on any atom is -0.310 e. The van der Waals surface area contributed by atoms with Gasteiger partial charge in [-0.2, -0.15) is 0 Å². The van der Waals surface area contributed by atoms with Crippen molar-refractivity contribution >= 4 is 82.3 Å². The average Bonchev–Trinajstić information content (AvgIpc) is 3.77. The van der Waals surface area contributed by atoms with E-state index in [-0.39, 0.29) is 0 Å². The zero-order chi connectivity index (χ0) is 38.1. The van der Waals surface area contributed by atoms with Crippen LogP contribution in [0.25, 0.3) is 53.9 Å². The van der Waals surface area contributed by atoms with Gasteiger partial charge in [-0.05, 0) is 122 Å². The fourth-order valence-corrected chi connectivity index (χ4v) is 10.7. The van der Waals surface area contributed by atoms with Crippen molar-refractivity contribution in [3.63, 3.8) is 0 Å². The number of fused-ring (bicyclic) bond motifs is 3. The Morgan fingerprint density at radius 3 is 1.70 bits per heavy atom. The molecule has 0 amide bonds. The quantitative estimate of drug-likeness (QED) is 0.116. The Bertz CT molecular complexity index is 3120. The van der Waals surface area contributed by atoms with Crippen LogP contribution in [0.4, 0.5) is 17.1 Å². The van der Waals surface area contributed by atoms with Gasteiger partial charge in [0.05, 0.1) is 5.41 Å². The molecule has 0 saturated carbocycles. The third-order valence-electron chi connectivity index (χ3n) is 12.1. The van der Waals surface area contributed by atoms with Gasteiger partial charge in [-0.25, -0.2) is 0 Å². The van der Waals surface area contributed by atoms with Crippen molar-refractivity contribution in [1.29, 1.82) is 0 Å². The van der Waals surface area contributed by atoms with Crippen LogP contribution in [0.3, 0.4) is 0 Å². The molecule has 0 bridgehead atoms. The lowest BCUT2D eigenvalue weighted by Crippen LogP contribution is -2.28. The Kier molecular flexibility index (Phi) is 7.77. The molecule has 0 atom stereocenters. The molecule has 0 radical (unpaired) electrons. The lowest BCUT2D eigenvalue weighted by Gasteiger charge is -2.34. The smallest absolute Gasteiger partial charge is 0.0714 e. The van der Waals surface area contributed by atoms with Gasteiger partial charge in [-0.1, -0.05) is 158 Å². The van der Waals surface area contributed by atoms with Gasteiger partial charge in [0.25, 0.3) is 0 Å². The van der Waals surface area contributed by atoms with Gasteiger partial charge in [0, 0.05) is 37.2 Å². The molecule has 57 heavy (non-hydrogen) atoms. The third-order valence-corrected chi connectivity index (χ3v) is 13.2. The standard InChI is InChI=1S/C55H39NS/c1-36-14-9-11-22-49(36)56(50-23-12-10-15-37(50)2)44-29-31-46-45-30-26-38(34-51(45)57-52(46)35-44)24-25-39-32-41-28-27-40-16-13-21-47-53(40)54(41)48(33-39)55(47,42-17-5-3-6-18-42)43-19-7-4-8-20-43/h3-35H,1-2H3/b25-24+. The van der Waals surface area contributed by atoms with E-state index in [1.807, 2.05) is 11.3 Å². The van der Waals surface area contributed by atoms with Crippen LogP contribution in [0.5, 0.6) is 0 Å². The van der Waals surface area contributed by atoms with Crippen LogP contribution in [-0.4, -0.2) is 0 Å². The minimum absolute atomic E-state index is 0.420. The van der Waals surface area contributed by atoms with E-state index >= 15 is 0 Å². The molecule has 270 valence electrons. The summed E-state index contributed by atoms with van der Waals surface area (Å²) in [4.78, 5) is 2.41. The van der Waals surface area contributed by atoms with Gasteiger partial charge in [-0.15, -0.1) is 11.3 Å². The molecule has 1 aromatic heterocycles. The summed E-state index contributed by atoms with van der Waals surface area (Å²) in [5, 5.41) is 7.90. The summed E-state index contributed by atoms with van der Waals surface area (Å²) >= 11 is 1.87. The Morgan fingerprint density at radius 1 is 0.439 bits per heavy atom. The number of hydrogen-bond donors (Lipinski definition) is 0. The molecular formula is C55H39NS. The fourth-order valence-electron chi connectivity index (χ4n) is 9.53. The Balaban J connectivity index is 1.02. The molecule has 1 heterocycles. The summed E-state index contributed by atoms with van der Waals surface area (Å²) in [7, 11) is 0. The number of thiophene rings is 1. The summed E-state index contributed by atoms with van der Waals surface area (Å²) in [5.41, 5.74) is 13.3. The molecular weight excluding hydrogens is 707 g/mol. The monoisotopic (exact) mass is 745 g/mol. The third kappa shape index (κ3) is 5.21. The number of para-hydroxylation sites is 2. The number of hydrogen-bond acceptors (Lipinski definition) is 2. The lowest BCUT2D eigenvalue weighted by molar-refractivity contribution is 0.771. The topological polar surface area (TPSA) is 3.24 Å². The van der Waals surface area contributed by atoms with Crippen LogP contribution >= 0.6 is 11.3 Å². The molecule has 1 nitrogen and oxygen atoms in total. The molecule has 0 spiro atoms. The first kappa shape index (κ1) is 33.6. The first-order valence-corrected chi connectivity index (χ1v) is 20.6. The van der Waals surface area contributed by atoms with Crippen LogP contribution in [0.2, 0.25) is 0 Å². The second kappa shape index (κ2) is 13.2. The number of anilines is 3. The van der Waals surface area contributed by atoms with Crippen molar-refractivity contribution in [3.8, 4) is 0 Å². The summed E-state index contributed by atoms with van der Waals surface area (Å²) in [6, 6.07) is 69.7. The van der Waals surface area contributed by atoms with Crippen LogP contribution in [-0.2, 0) is 5.41 Å². The fraction of sp³-hybridized carbons (Fsp3) is 0.0545. The first-order chi connectivity index (χ1) is 28.1. The number of aryl methyl sites for hydroxylation is 2. The predicted molar refractivity (Wildman–Crippen MR) is 246 cm³/mol. The number of nitrogens with zero attached hydrogens (tertiary/aromatic N) is 1. The molecule has 10 aromatic rings. The zero-order valence-corrected chi connectivity index (χ0v) is 32.7. The van der Waals surface area contributed by atoms with Crippen LogP contribution in [0.15, 0.2) is 188 Å². The molecule has 11 rings (SSSR count). The van der Waals surface area contributed by atoms with Crippen molar-refractivity contribution in [2.45, 2.75) is 19.3 Å². The van der Waals surface area contributed by atoms with Crippen molar-refractivity contribution in [2.24, 2.45) is 0 Å². The van der Waals surface area contributed by atoms with E-state index in [2.05, 4.69) is 219 Å². The van der Waals surface area contributed by atoms with E-state index in [9.17, 15) is 0 Å². The molecule has 0 N–H and O–H groups in total. The number of benzene rings is 9. The van der Waals surface area contributed by atoms with E-state index < -0.39 is 5.41 Å². The highest BCUT2D eigenvalue weighted by atomic mass is 32.1. The molecule has 0 fully saturated rings. The van der Waals surface area contributed by atoms with Crippen molar-refractivity contribution in [2.75, 3.05) is 4.90 Å². The number of rotatable bonds is 7. The second-order valence-corrected chi connectivity index (χ2v) is 16.5. The molecule has 0 aliphatic heterocycles. The maximum atomic E-state index is 2.45. The molecule has 1 aliphatic carbocycles. The van der Waals surface area contributed by atoms with Crippen molar-refractivity contribution < 1.29 is 0 Å². The zero-order valence-electron chi connectivity index (χ0n) is 31.9. The highest BCUT2D eigenvalue weighted by molar-refractivity contribution is 7.25. The summed E-state index contributed by atoms with van der Waals surface area (Å²) in [6.07, 6.45) is 4.59. The maximum absolute atomic E-state index is 2.45. The van der Waals surface area contributed by atoms with E-state index in [1.54, 1.807) is 0 Å². The van der Waals surface area contributed by atoms with Gasteiger partial charge in [0.1, 0.15) is 0 Å². The van der Waals surface area contributed by atoms with Gasteiger partial charge in [0.2, 0.25) is 0 Å². The Hall–Kier alpha value is -6.74. The van der Waals surface area contributed by atoms with E-state index in [0.717, 1.165) is 0 Å². The summed E-state index contributed by atoms with van der Waals surface area (Å²) in [6.45, 7) is 4.39. The summed E-state index contributed by atoms with van der Waals surface area (Å²) < 4.78 is 2.59. The summed E-state index contributed by atoms with van der Waals surface area (Å²) in [5.74, 6) is 0. The highest BCUT2D eigenvalue weighted by Crippen LogP contribution is 2.56. The largest absolute Gasteiger partial charge is 0.310 e. The maximum Gasteiger partial charge on any atom is 0.0714 e. The molecule has 0 saturated heterocycles. The second-order valence-electron chi connectivity index (χ2n) is 15.4. The van der Waals surface area contributed by atoms with E-state index in [1.165, 1.54) is 103 Å². The average molecular weight is 746 g/mol. The molecule has 1 aliphatic rings. The SMILES string of the molecule is Cc1ccccc1N(c1ccc2c(c1)sc1cc(/C=C/c3cc4c5c(ccc6cccc(c65)C4(c4ccccc4)c4ccccc4)c3)ccc12)c1ccccc1C. The first-order valence-electron chi connectivity index (χ1n) is 19.8. The Morgan fingerprint density at radius 2 is 1.02 bits per heavy atom. The van der Waals surface area contributed by atoms with Crippen LogP contribution in [0, 0.1) is 13.8 Å². The lowest BCUT2D eigenvalue weighted by atomic mass is 9.67. The van der Waals surface area contributed by atoms with Gasteiger partial charge >= 0.3 is 0 Å². The van der Waals surface area contributed by atoms with Crippen molar-refractivity contribution in [3.05, 3.63) is 233 Å². The van der Waals surface area contributed by atoms with E-state index in [4.69, 9.17) is 0 Å². The molecule has 9 aromatic carbocycles. The van der Waals surface area contributed by atoms with Gasteiger partial charge in [-0.3, -0.25) is 0 Å². The normalized spacial score (nSPS) is 13.2.